The average Bonchev–Trinajstić information content (AvgIpc) is 2.66. The molecule has 6 nitrogen and oxygen atoms in total. The number of carbonyl (C=O) groups is 1. The Morgan fingerprint density at radius 1 is 1.12 bits per heavy atom. The van der Waals surface area contributed by atoms with Crippen LogP contribution < -0.4 is 15.0 Å². The number of nitrogens with zero attached hydrogens (tertiary/aromatic N) is 3. The summed E-state index contributed by atoms with van der Waals surface area (Å²) in [7, 11) is 1.61. The fourth-order valence-corrected chi connectivity index (χ4v) is 2.60. The van der Waals surface area contributed by atoms with Crippen LogP contribution in [-0.2, 0) is 6.54 Å². The highest BCUT2D eigenvalue weighted by atomic mass is 16.5. The summed E-state index contributed by atoms with van der Waals surface area (Å²) in [6.07, 6.45) is 5.29. The maximum atomic E-state index is 12.3. The first-order valence-corrected chi connectivity index (χ1v) is 8.66. The van der Waals surface area contributed by atoms with Gasteiger partial charge in [0.15, 0.2) is 0 Å². The third kappa shape index (κ3) is 5.17. The van der Waals surface area contributed by atoms with Crippen LogP contribution in [0.25, 0.3) is 0 Å². The van der Waals surface area contributed by atoms with Crippen molar-refractivity contribution in [3.05, 3.63) is 47.9 Å². The Kier molecular flexibility index (Phi) is 7.19. The average molecular weight is 342 g/mol. The molecule has 1 N–H and O–H groups in total. The number of hydrogen-bond acceptors (Lipinski definition) is 5. The van der Waals surface area contributed by atoms with Crippen molar-refractivity contribution in [1.82, 2.24) is 15.3 Å². The molecule has 0 spiro atoms. The predicted octanol–water partition coefficient (Wildman–Crippen LogP) is 3.04. The van der Waals surface area contributed by atoms with Gasteiger partial charge in [-0.2, -0.15) is 0 Å². The topological polar surface area (TPSA) is 67.4 Å². The highest BCUT2D eigenvalue weighted by Gasteiger charge is 2.11. The van der Waals surface area contributed by atoms with E-state index in [-0.39, 0.29) is 5.91 Å². The Balaban J connectivity index is 2.00. The molecule has 6 heteroatoms. The normalized spacial score (nSPS) is 10.4. The van der Waals surface area contributed by atoms with E-state index in [0.717, 1.165) is 43.1 Å². The Bertz CT molecular complexity index is 667. The quantitative estimate of drug-likeness (QED) is 0.759. The predicted molar refractivity (Wildman–Crippen MR) is 99.0 cm³/mol. The van der Waals surface area contributed by atoms with Gasteiger partial charge in [-0.25, -0.2) is 9.97 Å². The molecule has 25 heavy (non-hydrogen) atoms. The molecule has 134 valence electrons. The first-order chi connectivity index (χ1) is 12.2. The zero-order valence-corrected chi connectivity index (χ0v) is 15.2. The minimum atomic E-state index is -0.248. The van der Waals surface area contributed by atoms with Crippen LogP contribution in [0.3, 0.4) is 0 Å². The minimum Gasteiger partial charge on any atom is -0.496 e. The van der Waals surface area contributed by atoms with Gasteiger partial charge < -0.3 is 15.0 Å². The number of carbonyl (C=O) groups excluding carboxylic acids is 1. The third-order valence-corrected chi connectivity index (χ3v) is 3.81. The fourth-order valence-electron chi connectivity index (χ4n) is 2.60. The number of amides is 1. The first kappa shape index (κ1) is 18.7. The Morgan fingerprint density at radius 3 is 2.44 bits per heavy atom. The Labute approximate surface area is 149 Å². The summed E-state index contributed by atoms with van der Waals surface area (Å²) in [4.78, 5) is 23.1. The zero-order valence-electron chi connectivity index (χ0n) is 15.2. The van der Waals surface area contributed by atoms with Crippen LogP contribution in [-0.4, -0.2) is 36.1 Å². The van der Waals surface area contributed by atoms with Crippen molar-refractivity contribution in [3.63, 3.8) is 0 Å². The maximum absolute atomic E-state index is 12.3. The van der Waals surface area contributed by atoms with Crippen molar-refractivity contribution in [2.45, 2.75) is 33.2 Å². The summed E-state index contributed by atoms with van der Waals surface area (Å²) in [6.45, 7) is 6.51. The van der Waals surface area contributed by atoms with Crippen LogP contribution in [0.2, 0.25) is 0 Å². The van der Waals surface area contributed by atoms with Gasteiger partial charge >= 0.3 is 0 Å². The Hall–Kier alpha value is -2.63. The van der Waals surface area contributed by atoms with Crippen molar-refractivity contribution in [1.29, 1.82) is 0 Å². The second-order valence-corrected chi connectivity index (χ2v) is 5.74. The largest absolute Gasteiger partial charge is 0.496 e. The molecule has 0 saturated carbocycles. The summed E-state index contributed by atoms with van der Waals surface area (Å²) < 4.78 is 5.29. The molecule has 2 aromatic rings. The van der Waals surface area contributed by atoms with Crippen molar-refractivity contribution in [3.8, 4) is 5.75 Å². The minimum absolute atomic E-state index is 0.248. The highest BCUT2D eigenvalue weighted by molar-refractivity contribution is 5.92. The number of aromatic nitrogens is 2. The van der Waals surface area contributed by atoms with Crippen LogP contribution >= 0.6 is 0 Å². The van der Waals surface area contributed by atoms with Crippen molar-refractivity contribution < 1.29 is 9.53 Å². The molecule has 0 bridgehead atoms. The van der Waals surface area contributed by atoms with Crippen LogP contribution in [0.1, 0.15) is 42.7 Å². The summed E-state index contributed by atoms with van der Waals surface area (Å²) >= 11 is 0. The van der Waals surface area contributed by atoms with Gasteiger partial charge in [-0.3, -0.25) is 4.79 Å². The van der Waals surface area contributed by atoms with Gasteiger partial charge in [0.1, 0.15) is 17.3 Å². The van der Waals surface area contributed by atoms with Gasteiger partial charge in [0.25, 0.3) is 5.91 Å². The molecule has 0 radical (unpaired) electrons. The number of nitrogens with one attached hydrogen (secondary N) is 1. The molecule has 0 saturated heterocycles. The van der Waals surface area contributed by atoms with Gasteiger partial charge in [-0.15, -0.1) is 0 Å². The lowest BCUT2D eigenvalue weighted by Crippen LogP contribution is -2.27. The summed E-state index contributed by atoms with van der Waals surface area (Å²) in [5.74, 6) is 1.31. The molecule has 2 rings (SSSR count). The molecule has 1 heterocycles. The highest BCUT2D eigenvalue weighted by Crippen LogP contribution is 2.17. The number of methoxy groups -OCH3 is 1. The first-order valence-electron chi connectivity index (χ1n) is 8.66. The van der Waals surface area contributed by atoms with Crippen LogP contribution in [0.15, 0.2) is 36.7 Å². The zero-order chi connectivity index (χ0) is 18.1. The lowest BCUT2D eigenvalue weighted by atomic mass is 10.2. The summed E-state index contributed by atoms with van der Waals surface area (Å²) in [5.41, 5.74) is 1.23. The van der Waals surface area contributed by atoms with E-state index in [4.69, 9.17) is 4.74 Å². The number of ether oxygens (including phenoxy) is 1. The molecule has 1 amide bonds. The summed E-state index contributed by atoms with van der Waals surface area (Å²) in [6, 6.07) is 7.59. The van der Waals surface area contributed by atoms with Crippen LogP contribution in [0.4, 0.5) is 5.82 Å². The third-order valence-electron chi connectivity index (χ3n) is 3.81. The molecule has 0 unspecified atom stereocenters. The van der Waals surface area contributed by atoms with Crippen LogP contribution in [0, 0.1) is 0 Å². The smallest absolute Gasteiger partial charge is 0.271 e. The number of hydrogen-bond donors (Lipinski definition) is 1. The van der Waals surface area contributed by atoms with E-state index in [2.05, 4.69) is 34.0 Å². The molecule has 0 aliphatic heterocycles. The van der Waals surface area contributed by atoms with Gasteiger partial charge in [0, 0.05) is 25.2 Å². The molecular weight excluding hydrogens is 316 g/mol. The Morgan fingerprint density at radius 2 is 1.84 bits per heavy atom. The fraction of sp³-hybridized carbons (Fsp3) is 0.421. The van der Waals surface area contributed by atoms with E-state index >= 15 is 0 Å². The molecular formula is C19H26N4O2. The molecule has 1 aromatic carbocycles. The van der Waals surface area contributed by atoms with E-state index in [1.54, 1.807) is 13.3 Å². The van der Waals surface area contributed by atoms with E-state index < -0.39 is 0 Å². The SMILES string of the molecule is CCCN(CCC)c1cnc(C(=O)NCc2ccccc2OC)cn1. The number of rotatable bonds is 9. The van der Waals surface area contributed by atoms with Gasteiger partial charge in [0.2, 0.25) is 0 Å². The molecule has 0 aliphatic carbocycles. The lowest BCUT2D eigenvalue weighted by molar-refractivity contribution is 0.0945. The standard InChI is InChI=1S/C19H26N4O2/c1-4-10-23(11-5-2)18-14-20-16(13-21-18)19(24)22-12-15-8-6-7-9-17(15)25-3/h6-9,13-14H,4-5,10-12H2,1-3H3,(H,22,24). The van der Waals surface area contributed by atoms with Crippen LogP contribution in [0.5, 0.6) is 5.75 Å². The molecule has 0 fully saturated rings. The van der Waals surface area contributed by atoms with E-state index in [1.165, 1.54) is 6.20 Å². The second kappa shape index (κ2) is 9.61. The van der Waals surface area contributed by atoms with E-state index in [9.17, 15) is 4.79 Å². The lowest BCUT2D eigenvalue weighted by Gasteiger charge is -2.22. The van der Waals surface area contributed by atoms with Crippen molar-refractivity contribution in [2.75, 3.05) is 25.1 Å². The maximum Gasteiger partial charge on any atom is 0.271 e. The van der Waals surface area contributed by atoms with Gasteiger partial charge in [0.05, 0.1) is 19.5 Å². The molecule has 1 aromatic heterocycles. The number of anilines is 1. The van der Waals surface area contributed by atoms with Crippen molar-refractivity contribution in [2.24, 2.45) is 0 Å². The van der Waals surface area contributed by atoms with Crippen molar-refractivity contribution >= 4 is 11.7 Å². The van der Waals surface area contributed by atoms with E-state index in [1.807, 2.05) is 24.3 Å². The summed E-state index contributed by atoms with van der Waals surface area (Å²) in [5, 5.41) is 2.85. The molecule has 0 aliphatic rings. The monoisotopic (exact) mass is 342 g/mol. The number of benzene rings is 1. The molecule has 0 atom stereocenters. The van der Waals surface area contributed by atoms with Gasteiger partial charge in [-0.05, 0) is 18.9 Å². The van der Waals surface area contributed by atoms with E-state index in [0.29, 0.717) is 12.2 Å². The number of para-hydroxylation sites is 1. The van der Waals surface area contributed by atoms with Gasteiger partial charge in [-0.1, -0.05) is 32.0 Å². The second-order valence-electron chi connectivity index (χ2n) is 5.74.